The molecule has 0 spiro atoms. The minimum atomic E-state index is -3.02. The molecule has 2 atom stereocenters. The smallest absolute Gasteiger partial charge is 0.224 e. The lowest BCUT2D eigenvalue weighted by Gasteiger charge is -2.16. The molecule has 104 valence electrons. The summed E-state index contributed by atoms with van der Waals surface area (Å²) in [4.78, 5) is 12.0. The number of nitrogens with one attached hydrogen (secondary N) is 1. The lowest BCUT2D eigenvalue weighted by molar-refractivity contribution is -0.124. The third kappa shape index (κ3) is 3.70. The lowest BCUT2D eigenvalue weighted by atomic mass is 10.1. The zero-order valence-corrected chi connectivity index (χ0v) is 12.2. The summed E-state index contributed by atoms with van der Waals surface area (Å²) in [6.07, 6.45) is 0.418. The number of amides is 1. The Bertz CT molecular complexity index is 568. The van der Waals surface area contributed by atoms with Crippen molar-refractivity contribution in [1.29, 1.82) is 0 Å². The van der Waals surface area contributed by atoms with Crippen molar-refractivity contribution in [3.05, 3.63) is 34.9 Å². The van der Waals surface area contributed by atoms with E-state index in [1.165, 1.54) is 0 Å². The first-order valence-electron chi connectivity index (χ1n) is 6.14. The van der Waals surface area contributed by atoms with Crippen LogP contribution in [0.4, 0.5) is 0 Å². The number of rotatable bonds is 3. The van der Waals surface area contributed by atoms with E-state index in [2.05, 4.69) is 5.32 Å². The van der Waals surface area contributed by atoms with Crippen molar-refractivity contribution in [3.63, 3.8) is 0 Å². The lowest BCUT2D eigenvalue weighted by Crippen LogP contribution is -2.33. The van der Waals surface area contributed by atoms with E-state index in [4.69, 9.17) is 11.6 Å². The van der Waals surface area contributed by atoms with Crippen LogP contribution < -0.4 is 5.32 Å². The van der Waals surface area contributed by atoms with E-state index in [9.17, 15) is 13.2 Å². The normalized spacial score (nSPS) is 22.9. The standard InChI is InChI=1S/C13H16ClNO3S/c1-9(10-2-4-12(14)5-3-10)15-13(16)11-6-7-19(17,18)8-11/h2-5,9,11H,6-8H2,1H3,(H,15,16). The van der Waals surface area contributed by atoms with Gasteiger partial charge in [-0.25, -0.2) is 8.42 Å². The predicted octanol–water partition coefficient (Wildman–Crippen LogP) is 1.95. The fourth-order valence-corrected chi connectivity index (χ4v) is 4.04. The highest BCUT2D eigenvalue weighted by Crippen LogP contribution is 2.21. The molecule has 4 nitrogen and oxygen atoms in total. The first kappa shape index (κ1) is 14.3. The van der Waals surface area contributed by atoms with E-state index in [0.29, 0.717) is 11.4 Å². The van der Waals surface area contributed by atoms with Gasteiger partial charge < -0.3 is 5.32 Å². The Morgan fingerprint density at radius 2 is 2.00 bits per heavy atom. The minimum Gasteiger partial charge on any atom is -0.349 e. The first-order valence-corrected chi connectivity index (χ1v) is 8.33. The van der Waals surface area contributed by atoms with Crippen LogP contribution in [0.15, 0.2) is 24.3 Å². The first-order chi connectivity index (χ1) is 8.87. The van der Waals surface area contributed by atoms with Crippen LogP contribution >= 0.6 is 11.6 Å². The van der Waals surface area contributed by atoms with Crippen LogP contribution in [0, 0.1) is 5.92 Å². The maximum absolute atomic E-state index is 12.0. The molecule has 0 aliphatic carbocycles. The third-order valence-corrected chi connectivity index (χ3v) is 5.35. The van der Waals surface area contributed by atoms with Gasteiger partial charge in [-0.1, -0.05) is 23.7 Å². The summed E-state index contributed by atoms with van der Waals surface area (Å²) in [6.45, 7) is 1.87. The van der Waals surface area contributed by atoms with Crippen LogP contribution in [-0.2, 0) is 14.6 Å². The van der Waals surface area contributed by atoms with E-state index in [-0.39, 0.29) is 23.5 Å². The Labute approximate surface area is 118 Å². The molecule has 2 rings (SSSR count). The van der Waals surface area contributed by atoms with Gasteiger partial charge in [0.1, 0.15) is 0 Å². The average molecular weight is 302 g/mol. The van der Waals surface area contributed by atoms with Crippen LogP contribution in [0.3, 0.4) is 0 Å². The molecule has 1 amide bonds. The van der Waals surface area contributed by atoms with E-state index in [1.54, 1.807) is 12.1 Å². The van der Waals surface area contributed by atoms with Gasteiger partial charge in [0.25, 0.3) is 0 Å². The van der Waals surface area contributed by atoms with Crippen LogP contribution in [0.1, 0.15) is 24.9 Å². The zero-order valence-electron chi connectivity index (χ0n) is 10.6. The number of carbonyl (C=O) groups is 1. The Morgan fingerprint density at radius 1 is 1.37 bits per heavy atom. The second kappa shape index (κ2) is 5.51. The van der Waals surface area contributed by atoms with Crippen molar-refractivity contribution in [2.45, 2.75) is 19.4 Å². The Balaban J connectivity index is 1.97. The van der Waals surface area contributed by atoms with Gasteiger partial charge >= 0.3 is 0 Å². The Morgan fingerprint density at radius 3 is 2.53 bits per heavy atom. The van der Waals surface area contributed by atoms with E-state index in [1.807, 2.05) is 19.1 Å². The largest absolute Gasteiger partial charge is 0.349 e. The molecule has 2 unspecified atom stereocenters. The van der Waals surface area contributed by atoms with Gasteiger partial charge in [0.15, 0.2) is 9.84 Å². The van der Waals surface area contributed by atoms with Crippen LogP contribution in [0.2, 0.25) is 5.02 Å². The molecule has 0 radical (unpaired) electrons. The molecule has 0 aromatic heterocycles. The van der Waals surface area contributed by atoms with Gasteiger partial charge in [0.2, 0.25) is 5.91 Å². The quantitative estimate of drug-likeness (QED) is 0.928. The molecule has 0 saturated carbocycles. The van der Waals surface area contributed by atoms with Crippen LogP contribution in [-0.4, -0.2) is 25.8 Å². The van der Waals surface area contributed by atoms with Crippen molar-refractivity contribution in [2.24, 2.45) is 5.92 Å². The summed E-state index contributed by atoms with van der Waals surface area (Å²) in [5.74, 6) is -0.532. The molecule has 1 aliphatic rings. The van der Waals surface area contributed by atoms with Crippen LogP contribution in [0.5, 0.6) is 0 Å². The summed E-state index contributed by atoms with van der Waals surface area (Å²) >= 11 is 5.80. The van der Waals surface area contributed by atoms with Crippen molar-refractivity contribution in [3.8, 4) is 0 Å². The number of hydrogen-bond acceptors (Lipinski definition) is 3. The van der Waals surface area contributed by atoms with Crippen molar-refractivity contribution >= 4 is 27.3 Å². The molecule has 19 heavy (non-hydrogen) atoms. The minimum absolute atomic E-state index is 0.0355. The number of sulfone groups is 1. The molecule has 1 N–H and O–H groups in total. The Kier molecular flexibility index (Phi) is 4.16. The molecule has 1 fully saturated rings. The van der Waals surface area contributed by atoms with Gasteiger partial charge in [-0.3, -0.25) is 4.79 Å². The summed E-state index contributed by atoms with van der Waals surface area (Å²) in [6, 6.07) is 7.06. The van der Waals surface area contributed by atoms with E-state index >= 15 is 0 Å². The summed E-state index contributed by atoms with van der Waals surface area (Å²) in [7, 11) is -3.02. The molecule has 6 heteroatoms. The maximum atomic E-state index is 12.0. The van der Waals surface area contributed by atoms with Crippen LogP contribution in [0.25, 0.3) is 0 Å². The highest BCUT2D eigenvalue weighted by Gasteiger charge is 2.33. The topological polar surface area (TPSA) is 63.2 Å². The Hall–Kier alpha value is -1.07. The summed E-state index contributed by atoms with van der Waals surface area (Å²) in [5.41, 5.74) is 0.943. The van der Waals surface area contributed by atoms with Gasteiger partial charge in [-0.2, -0.15) is 0 Å². The molecule has 1 aliphatic heterocycles. The summed E-state index contributed by atoms with van der Waals surface area (Å²) in [5, 5.41) is 3.49. The fourth-order valence-electron chi connectivity index (χ4n) is 2.17. The monoisotopic (exact) mass is 301 g/mol. The van der Waals surface area contributed by atoms with Gasteiger partial charge in [0.05, 0.1) is 23.5 Å². The second-order valence-electron chi connectivity index (χ2n) is 4.88. The number of carbonyl (C=O) groups excluding carboxylic acids is 1. The zero-order chi connectivity index (χ0) is 14.0. The molecule has 1 saturated heterocycles. The van der Waals surface area contributed by atoms with Gasteiger partial charge in [-0.05, 0) is 31.0 Å². The van der Waals surface area contributed by atoms with Crippen molar-refractivity contribution in [1.82, 2.24) is 5.32 Å². The van der Waals surface area contributed by atoms with E-state index in [0.717, 1.165) is 5.56 Å². The maximum Gasteiger partial charge on any atom is 0.224 e. The molecule has 0 bridgehead atoms. The third-order valence-electron chi connectivity index (χ3n) is 3.33. The van der Waals surface area contributed by atoms with Gasteiger partial charge in [0, 0.05) is 5.02 Å². The van der Waals surface area contributed by atoms with Gasteiger partial charge in [-0.15, -0.1) is 0 Å². The highest BCUT2D eigenvalue weighted by molar-refractivity contribution is 7.91. The number of hydrogen-bond donors (Lipinski definition) is 1. The number of halogens is 1. The predicted molar refractivity (Wildman–Crippen MR) is 74.8 cm³/mol. The highest BCUT2D eigenvalue weighted by atomic mass is 35.5. The van der Waals surface area contributed by atoms with Crippen molar-refractivity contribution in [2.75, 3.05) is 11.5 Å². The fraction of sp³-hybridized carbons (Fsp3) is 0.462. The van der Waals surface area contributed by atoms with E-state index < -0.39 is 15.8 Å². The summed E-state index contributed by atoms with van der Waals surface area (Å²) < 4.78 is 22.7. The molecule has 1 aromatic rings. The average Bonchev–Trinajstić information content (AvgIpc) is 2.70. The molecular weight excluding hydrogens is 286 g/mol. The van der Waals surface area contributed by atoms with Crippen molar-refractivity contribution < 1.29 is 13.2 Å². The second-order valence-corrected chi connectivity index (χ2v) is 7.55. The molecular formula is C13H16ClNO3S. The SMILES string of the molecule is CC(NC(=O)C1CCS(=O)(=O)C1)c1ccc(Cl)cc1. The number of benzene rings is 1. The molecule has 1 heterocycles. The molecule has 1 aromatic carbocycles.